The molecule has 17 heteroatoms. The lowest BCUT2D eigenvalue weighted by Gasteiger charge is -2.45. The molecule has 466 valence electrons. The van der Waals surface area contributed by atoms with Crippen molar-refractivity contribution in [3.8, 4) is 11.8 Å². The molecule has 2 aliphatic rings. The van der Waals surface area contributed by atoms with E-state index < -0.39 is 104 Å². The lowest BCUT2D eigenvalue weighted by Crippen LogP contribution is -2.63. The van der Waals surface area contributed by atoms with Crippen molar-refractivity contribution in [3.05, 3.63) is 287 Å². The molecule has 8 aromatic carbocycles. The molecule has 2 saturated heterocycles. The summed E-state index contributed by atoms with van der Waals surface area (Å²) in [5, 5.41) is 0. The number of benzene rings is 8. The van der Waals surface area contributed by atoms with Gasteiger partial charge in [0.1, 0.15) is 43.2 Å². The maximum atomic E-state index is 14.7. The first kappa shape index (κ1) is 64.4. The highest BCUT2D eigenvalue weighted by Gasteiger charge is 2.55. The van der Waals surface area contributed by atoms with Gasteiger partial charge >= 0.3 is 29.8 Å². The van der Waals surface area contributed by atoms with Gasteiger partial charge in [-0.3, -0.25) is 4.79 Å². The molecule has 0 N–H and O–H groups in total. The summed E-state index contributed by atoms with van der Waals surface area (Å²) in [7, 11) is 1.52. The number of rotatable bonds is 26. The fraction of sp³-hybridized carbons (Fsp3) is 0.257. The van der Waals surface area contributed by atoms with Crippen LogP contribution in [-0.4, -0.2) is 118 Å². The van der Waals surface area contributed by atoms with Crippen LogP contribution in [0, 0.1) is 11.8 Å². The van der Waals surface area contributed by atoms with Crippen molar-refractivity contribution in [3.63, 3.8) is 0 Å². The molecule has 2 heterocycles. The molecule has 91 heavy (non-hydrogen) atoms. The lowest BCUT2D eigenvalue weighted by molar-refractivity contribution is -0.323. The zero-order chi connectivity index (χ0) is 63.0. The molecule has 0 radical (unpaired) electrons. The lowest BCUT2D eigenvalue weighted by atomic mass is 9.97. The largest absolute Gasteiger partial charge is 0.459 e. The molecule has 0 bridgehead atoms. The van der Waals surface area contributed by atoms with Crippen LogP contribution in [0.1, 0.15) is 76.5 Å². The van der Waals surface area contributed by atoms with Crippen LogP contribution in [0.5, 0.6) is 0 Å². The van der Waals surface area contributed by atoms with Crippen molar-refractivity contribution in [2.45, 2.75) is 100 Å². The van der Waals surface area contributed by atoms with E-state index in [-0.39, 0.29) is 61.5 Å². The molecule has 2 unspecified atom stereocenters. The second-order valence-corrected chi connectivity index (χ2v) is 21.3. The van der Waals surface area contributed by atoms with E-state index in [9.17, 15) is 24.0 Å². The summed E-state index contributed by atoms with van der Waals surface area (Å²) in [5.74, 6) is 1.95. The Kier molecular flexibility index (Phi) is 23.5. The Balaban J connectivity index is 0.951. The predicted molar refractivity (Wildman–Crippen MR) is 331 cm³/mol. The average molecular weight is 1230 g/mol. The Bertz CT molecular complexity index is 3610. The maximum absolute atomic E-state index is 14.7. The second-order valence-electron chi connectivity index (χ2n) is 21.3. The third kappa shape index (κ3) is 18.5. The van der Waals surface area contributed by atoms with Gasteiger partial charge in [0.15, 0.2) is 18.5 Å². The van der Waals surface area contributed by atoms with Crippen molar-refractivity contribution >= 4 is 29.8 Å². The first-order chi connectivity index (χ1) is 44.6. The summed E-state index contributed by atoms with van der Waals surface area (Å²) >= 11 is 0. The molecule has 0 aliphatic carbocycles. The minimum absolute atomic E-state index is 0.0743. The van der Waals surface area contributed by atoms with E-state index in [1.54, 1.807) is 84.9 Å². The van der Waals surface area contributed by atoms with Crippen LogP contribution >= 0.6 is 0 Å². The second kappa shape index (κ2) is 33.3. The standard InChI is InChI=1S/C74H68O17/c1-80-73-67(84-48-54-32-16-5-17-33-54)65(83-47-53-30-14-4-15-31-53)63(82-46-52-28-12-3-13-29-52)60(86-73)49-81-59(43-42-51-26-10-2-11-27-51)44-45-62(75)88-74-68(91-72(79)58-40-24-9-25-41-58)66(90-71(78)57-38-22-8-23-39-57)64(89-70(77)56-36-20-7-21-37-56)61(87-74)50-85-69(76)55-34-18-6-19-35-55/h2-41,59-61,63-68,73-74H,44-50H2,1H3/t59?,60-,61-,63-,64+,65+,66+,67-,68-,73+,74?/m1/s1. The monoisotopic (exact) mass is 1230 g/mol. The summed E-state index contributed by atoms with van der Waals surface area (Å²) in [6.45, 7) is -0.202. The summed E-state index contributed by atoms with van der Waals surface area (Å²) in [4.78, 5) is 71.0. The highest BCUT2D eigenvalue weighted by Crippen LogP contribution is 2.34. The van der Waals surface area contributed by atoms with Crippen LogP contribution < -0.4 is 0 Å². The molecule has 10 rings (SSSR count). The Morgan fingerprint density at radius 1 is 0.396 bits per heavy atom. The zero-order valence-electron chi connectivity index (χ0n) is 49.8. The number of methoxy groups -OCH3 is 1. The molecule has 2 fully saturated rings. The van der Waals surface area contributed by atoms with E-state index in [0.29, 0.717) is 5.56 Å². The van der Waals surface area contributed by atoms with Crippen LogP contribution in [0.2, 0.25) is 0 Å². The number of carbonyl (C=O) groups excluding carboxylic acids is 5. The highest BCUT2D eigenvalue weighted by atomic mass is 16.8. The van der Waals surface area contributed by atoms with E-state index in [1.807, 2.05) is 121 Å². The van der Waals surface area contributed by atoms with Crippen LogP contribution in [0.25, 0.3) is 0 Å². The molecule has 0 amide bonds. The van der Waals surface area contributed by atoms with Crippen molar-refractivity contribution in [1.82, 2.24) is 0 Å². The summed E-state index contributed by atoms with van der Waals surface area (Å²) in [6, 6.07) is 70.3. The van der Waals surface area contributed by atoms with Gasteiger partial charge in [-0.15, -0.1) is 0 Å². The van der Waals surface area contributed by atoms with Crippen LogP contribution in [-0.2, 0) is 81.5 Å². The fourth-order valence-electron chi connectivity index (χ4n) is 10.2. The Hall–Kier alpha value is -9.61. The molecule has 0 saturated carbocycles. The van der Waals surface area contributed by atoms with E-state index >= 15 is 0 Å². The third-order valence-electron chi connectivity index (χ3n) is 14.9. The van der Waals surface area contributed by atoms with Crippen LogP contribution in [0.3, 0.4) is 0 Å². The van der Waals surface area contributed by atoms with E-state index in [4.69, 9.17) is 56.8 Å². The molecule has 0 aromatic heterocycles. The quantitative estimate of drug-likeness (QED) is 0.0282. The molecule has 8 aromatic rings. The summed E-state index contributed by atoms with van der Waals surface area (Å²) in [6.07, 6.45) is -14.4. The van der Waals surface area contributed by atoms with E-state index in [0.717, 1.165) is 16.7 Å². The zero-order valence-corrected chi connectivity index (χ0v) is 49.8. The van der Waals surface area contributed by atoms with Crippen molar-refractivity contribution in [1.29, 1.82) is 0 Å². The molecular formula is C74H68O17. The van der Waals surface area contributed by atoms with Gasteiger partial charge in [0, 0.05) is 19.1 Å². The molecular weight excluding hydrogens is 1160 g/mol. The van der Waals surface area contributed by atoms with Gasteiger partial charge in [-0.05, 0) is 83.8 Å². The minimum atomic E-state index is -1.90. The highest BCUT2D eigenvalue weighted by molar-refractivity contribution is 5.91. The van der Waals surface area contributed by atoms with Crippen molar-refractivity contribution in [2.75, 3.05) is 20.3 Å². The van der Waals surface area contributed by atoms with Gasteiger partial charge in [0.25, 0.3) is 0 Å². The van der Waals surface area contributed by atoms with Gasteiger partial charge in [-0.2, -0.15) is 0 Å². The predicted octanol–water partition coefficient (Wildman–Crippen LogP) is 11.1. The average Bonchev–Trinajstić information content (AvgIpc) is 0.960. The minimum Gasteiger partial charge on any atom is -0.459 e. The Labute approximate surface area is 527 Å². The fourth-order valence-corrected chi connectivity index (χ4v) is 10.2. The number of ether oxygens (including phenoxy) is 12. The normalized spacial score (nSPS) is 21.3. The Morgan fingerprint density at radius 3 is 1.25 bits per heavy atom. The summed E-state index contributed by atoms with van der Waals surface area (Å²) < 4.78 is 76.9. The van der Waals surface area contributed by atoms with Gasteiger partial charge in [-0.1, -0.05) is 194 Å². The van der Waals surface area contributed by atoms with Crippen LogP contribution in [0.4, 0.5) is 0 Å². The smallest absolute Gasteiger partial charge is 0.338 e. The summed E-state index contributed by atoms with van der Waals surface area (Å²) in [5.41, 5.74) is 3.84. The van der Waals surface area contributed by atoms with Gasteiger partial charge < -0.3 is 56.8 Å². The van der Waals surface area contributed by atoms with Crippen molar-refractivity contribution < 1.29 is 80.8 Å². The first-order valence-electron chi connectivity index (χ1n) is 29.8. The third-order valence-corrected chi connectivity index (χ3v) is 14.9. The number of carbonyl (C=O) groups is 5. The molecule has 11 atom stereocenters. The number of esters is 5. The van der Waals surface area contributed by atoms with Gasteiger partial charge in [0.2, 0.25) is 12.4 Å². The van der Waals surface area contributed by atoms with Gasteiger partial charge in [-0.25, -0.2) is 19.2 Å². The van der Waals surface area contributed by atoms with Crippen LogP contribution in [0.15, 0.2) is 243 Å². The van der Waals surface area contributed by atoms with Crippen molar-refractivity contribution in [2.24, 2.45) is 0 Å². The molecule has 0 spiro atoms. The first-order valence-corrected chi connectivity index (χ1v) is 29.8. The topological polar surface area (TPSA) is 196 Å². The molecule has 2 aliphatic heterocycles. The van der Waals surface area contributed by atoms with Gasteiger partial charge in [0.05, 0.1) is 48.7 Å². The Morgan fingerprint density at radius 2 is 0.780 bits per heavy atom. The van der Waals surface area contributed by atoms with E-state index in [2.05, 4.69) is 11.8 Å². The molecule has 17 nitrogen and oxygen atoms in total. The maximum Gasteiger partial charge on any atom is 0.338 e. The number of hydrogen-bond acceptors (Lipinski definition) is 17. The number of hydrogen-bond donors (Lipinski definition) is 0. The van der Waals surface area contributed by atoms with E-state index in [1.165, 1.54) is 43.5 Å². The SMILES string of the molecule is CO[C@H]1O[C@H](COC(C#Cc2ccccc2)CCC(=O)OC2O[C@H](COC(=O)c3ccccc3)[C@H](OC(=O)c3ccccc3)[C@H](OC(=O)c3ccccc3)[C@H]2OC(=O)c2ccccc2)[C@@H](OCc2ccccc2)[C@H](OCc2ccccc2)[C@H]1OCc1ccccc1.